The second kappa shape index (κ2) is 5.01. The number of hydrogen-bond donors (Lipinski definition) is 1. The molecule has 0 radical (unpaired) electrons. The highest BCUT2D eigenvalue weighted by atomic mass is 16.5. The average Bonchev–Trinajstić information content (AvgIpc) is 2.19. The smallest absolute Gasteiger partial charge is 0.122 e. The van der Waals surface area contributed by atoms with Gasteiger partial charge in [0.1, 0.15) is 5.75 Å². The van der Waals surface area contributed by atoms with Gasteiger partial charge in [0, 0.05) is 0 Å². The molecule has 0 heterocycles. The lowest BCUT2D eigenvalue weighted by Crippen LogP contribution is -2.04. The number of aryl methyl sites for hydroxylation is 1. The zero-order valence-electron chi connectivity index (χ0n) is 9.21. The molecule has 2 N–H and O–H groups in total. The van der Waals surface area contributed by atoms with Gasteiger partial charge in [0.2, 0.25) is 0 Å². The minimum Gasteiger partial charge on any atom is -0.496 e. The molecule has 0 fully saturated rings. The highest BCUT2D eigenvalue weighted by Crippen LogP contribution is 2.25. The van der Waals surface area contributed by atoms with Gasteiger partial charge in [-0.25, -0.2) is 0 Å². The van der Waals surface area contributed by atoms with Gasteiger partial charge in [0.05, 0.1) is 7.11 Å². The van der Waals surface area contributed by atoms with Gasteiger partial charge in [0.25, 0.3) is 0 Å². The lowest BCUT2D eigenvalue weighted by atomic mass is 9.96. The van der Waals surface area contributed by atoms with Crippen LogP contribution in [0.4, 0.5) is 0 Å². The molecular weight excluding hydrogens is 174 g/mol. The van der Waals surface area contributed by atoms with E-state index in [1.165, 1.54) is 11.1 Å². The summed E-state index contributed by atoms with van der Waals surface area (Å²) in [5.74, 6) is 1.47. The summed E-state index contributed by atoms with van der Waals surface area (Å²) in [6.45, 7) is 4.98. The topological polar surface area (TPSA) is 35.2 Å². The van der Waals surface area contributed by atoms with Crippen molar-refractivity contribution in [2.45, 2.75) is 26.2 Å². The maximum absolute atomic E-state index is 5.54. The van der Waals surface area contributed by atoms with E-state index >= 15 is 0 Å². The number of nitrogens with two attached hydrogens (primary N) is 1. The summed E-state index contributed by atoms with van der Waals surface area (Å²) in [7, 11) is 1.71. The van der Waals surface area contributed by atoms with Crippen LogP contribution >= 0.6 is 0 Å². The molecule has 2 heteroatoms. The van der Waals surface area contributed by atoms with Gasteiger partial charge in [-0.15, -0.1) is 0 Å². The quantitative estimate of drug-likeness (QED) is 0.797. The van der Waals surface area contributed by atoms with Crippen LogP contribution in [0.3, 0.4) is 0 Å². The molecule has 0 spiro atoms. The molecule has 1 aromatic rings. The molecule has 0 aromatic heterocycles. The zero-order chi connectivity index (χ0) is 10.6. The second-order valence-electron chi connectivity index (χ2n) is 3.71. The van der Waals surface area contributed by atoms with Crippen LogP contribution in [0.25, 0.3) is 0 Å². The normalized spacial score (nSPS) is 12.6. The van der Waals surface area contributed by atoms with E-state index in [4.69, 9.17) is 10.5 Å². The maximum atomic E-state index is 5.54. The van der Waals surface area contributed by atoms with Crippen molar-refractivity contribution in [2.75, 3.05) is 13.7 Å². The van der Waals surface area contributed by atoms with Crippen LogP contribution in [-0.2, 0) is 0 Å². The van der Waals surface area contributed by atoms with Gasteiger partial charge in [-0.3, -0.25) is 0 Å². The van der Waals surface area contributed by atoms with E-state index in [9.17, 15) is 0 Å². The van der Waals surface area contributed by atoms with Crippen molar-refractivity contribution in [3.63, 3.8) is 0 Å². The molecule has 0 aliphatic rings. The van der Waals surface area contributed by atoms with E-state index in [1.807, 2.05) is 0 Å². The standard InChI is InChI=1S/C12H19NO/c1-9(6-7-13)11-5-4-10(2)12(8-11)14-3/h4-5,8-9H,6-7,13H2,1-3H3. The second-order valence-corrected chi connectivity index (χ2v) is 3.71. The molecule has 0 bridgehead atoms. The molecule has 0 aliphatic heterocycles. The highest BCUT2D eigenvalue weighted by molar-refractivity contribution is 5.37. The fourth-order valence-corrected chi connectivity index (χ4v) is 1.56. The third kappa shape index (κ3) is 2.48. The van der Waals surface area contributed by atoms with E-state index in [0.717, 1.165) is 18.7 Å². The average molecular weight is 193 g/mol. The third-order valence-electron chi connectivity index (χ3n) is 2.60. The molecule has 0 saturated heterocycles. The van der Waals surface area contributed by atoms with Gasteiger partial charge in [0.15, 0.2) is 0 Å². The van der Waals surface area contributed by atoms with Crippen LogP contribution in [0.5, 0.6) is 5.75 Å². The molecule has 78 valence electrons. The first-order valence-electron chi connectivity index (χ1n) is 5.03. The summed E-state index contributed by atoms with van der Waals surface area (Å²) in [6, 6.07) is 6.36. The van der Waals surface area contributed by atoms with Crippen LogP contribution < -0.4 is 10.5 Å². The molecule has 1 unspecified atom stereocenters. The third-order valence-corrected chi connectivity index (χ3v) is 2.60. The largest absolute Gasteiger partial charge is 0.496 e. The van der Waals surface area contributed by atoms with E-state index < -0.39 is 0 Å². The molecule has 1 aromatic carbocycles. The van der Waals surface area contributed by atoms with Crippen molar-refractivity contribution in [1.82, 2.24) is 0 Å². The summed E-state index contributed by atoms with van der Waals surface area (Å²) in [5.41, 5.74) is 8.02. The Morgan fingerprint density at radius 2 is 2.14 bits per heavy atom. The predicted octanol–water partition coefficient (Wildman–Crippen LogP) is 2.46. The Bertz CT molecular complexity index is 296. The highest BCUT2D eigenvalue weighted by Gasteiger charge is 2.06. The Kier molecular flexibility index (Phi) is 3.96. The maximum Gasteiger partial charge on any atom is 0.122 e. The summed E-state index contributed by atoms with van der Waals surface area (Å²) in [4.78, 5) is 0. The summed E-state index contributed by atoms with van der Waals surface area (Å²) >= 11 is 0. The van der Waals surface area contributed by atoms with Crippen LogP contribution in [0, 0.1) is 6.92 Å². The van der Waals surface area contributed by atoms with Crippen LogP contribution in [-0.4, -0.2) is 13.7 Å². The van der Waals surface area contributed by atoms with Gasteiger partial charge in [-0.05, 0) is 43.0 Å². The number of methoxy groups -OCH3 is 1. The Morgan fingerprint density at radius 1 is 1.43 bits per heavy atom. The predicted molar refractivity (Wildman–Crippen MR) is 59.8 cm³/mol. The van der Waals surface area contributed by atoms with Crippen molar-refractivity contribution < 1.29 is 4.74 Å². The van der Waals surface area contributed by atoms with Crippen molar-refractivity contribution in [3.8, 4) is 5.75 Å². The number of hydrogen-bond acceptors (Lipinski definition) is 2. The molecule has 0 aliphatic carbocycles. The van der Waals surface area contributed by atoms with Crippen molar-refractivity contribution in [3.05, 3.63) is 29.3 Å². The molecule has 14 heavy (non-hydrogen) atoms. The van der Waals surface area contributed by atoms with Crippen molar-refractivity contribution in [2.24, 2.45) is 5.73 Å². The first-order chi connectivity index (χ1) is 6.69. The summed E-state index contributed by atoms with van der Waals surface area (Å²) < 4.78 is 5.28. The van der Waals surface area contributed by atoms with E-state index in [-0.39, 0.29) is 0 Å². The first kappa shape index (κ1) is 11.1. The van der Waals surface area contributed by atoms with E-state index in [0.29, 0.717) is 5.92 Å². The number of rotatable bonds is 4. The van der Waals surface area contributed by atoms with Gasteiger partial charge in [-0.2, -0.15) is 0 Å². The lowest BCUT2D eigenvalue weighted by Gasteiger charge is -2.13. The van der Waals surface area contributed by atoms with E-state index in [2.05, 4.69) is 32.0 Å². The Morgan fingerprint density at radius 3 is 2.71 bits per heavy atom. The minimum absolute atomic E-state index is 0.509. The lowest BCUT2D eigenvalue weighted by molar-refractivity contribution is 0.410. The SMILES string of the molecule is COc1cc(C(C)CCN)ccc1C. The van der Waals surface area contributed by atoms with Gasteiger partial charge >= 0.3 is 0 Å². The van der Waals surface area contributed by atoms with Crippen molar-refractivity contribution >= 4 is 0 Å². The fraction of sp³-hybridized carbons (Fsp3) is 0.500. The molecule has 1 rings (SSSR count). The molecule has 2 nitrogen and oxygen atoms in total. The summed E-state index contributed by atoms with van der Waals surface area (Å²) in [6.07, 6.45) is 1.02. The molecule has 1 atom stereocenters. The minimum atomic E-state index is 0.509. The van der Waals surface area contributed by atoms with Gasteiger partial charge < -0.3 is 10.5 Å². The number of benzene rings is 1. The van der Waals surface area contributed by atoms with Crippen molar-refractivity contribution in [1.29, 1.82) is 0 Å². The Hall–Kier alpha value is -1.02. The molecule has 0 saturated carbocycles. The zero-order valence-corrected chi connectivity index (χ0v) is 9.21. The van der Waals surface area contributed by atoms with Crippen LogP contribution in [0.1, 0.15) is 30.4 Å². The van der Waals surface area contributed by atoms with Crippen LogP contribution in [0.15, 0.2) is 18.2 Å². The first-order valence-corrected chi connectivity index (χ1v) is 5.03. The van der Waals surface area contributed by atoms with E-state index in [1.54, 1.807) is 7.11 Å². The summed E-state index contributed by atoms with van der Waals surface area (Å²) in [5, 5.41) is 0. The Labute approximate surface area is 86.1 Å². The monoisotopic (exact) mass is 193 g/mol. The Balaban J connectivity index is 2.88. The molecule has 0 amide bonds. The van der Waals surface area contributed by atoms with Gasteiger partial charge in [-0.1, -0.05) is 19.1 Å². The number of ether oxygens (including phenoxy) is 1. The fourth-order valence-electron chi connectivity index (χ4n) is 1.56. The van der Waals surface area contributed by atoms with Crippen LogP contribution in [0.2, 0.25) is 0 Å². The molecular formula is C12H19NO.